The highest BCUT2D eigenvalue weighted by Crippen LogP contribution is 2.42. The van der Waals surface area contributed by atoms with Crippen molar-refractivity contribution in [3.63, 3.8) is 0 Å². The lowest BCUT2D eigenvalue weighted by Gasteiger charge is -2.26. The van der Waals surface area contributed by atoms with Gasteiger partial charge in [-0.25, -0.2) is 0 Å². The van der Waals surface area contributed by atoms with Crippen molar-refractivity contribution in [2.45, 2.75) is 31.1 Å². The van der Waals surface area contributed by atoms with E-state index in [0.29, 0.717) is 5.41 Å². The molecule has 0 spiro atoms. The van der Waals surface area contributed by atoms with Gasteiger partial charge >= 0.3 is 0 Å². The van der Waals surface area contributed by atoms with E-state index in [1.54, 1.807) is 0 Å². The summed E-state index contributed by atoms with van der Waals surface area (Å²) in [7, 11) is 0. The third-order valence-corrected chi connectivity index (χ3v) is 4.28. The molecule has 0 unspecified atom stereocenters. The van der Waals surface area contributed by atoms with E-state index < -0.39 is 0 Å². The molecule has 2 rings (SSSR count). The van der Waals surface area contributed by atoms with Gasteiger partial charge in [0.15, 0.2) is 0 Å². The van der Waals surface area contributed by atoms with Crippen LogP contribution in [0.3, 0.4) is 0 Å². The third-order valence-electron chi connectivity index (χ3n) is 3.20. The Balaban J connectivity index is 2.31. The summed E-state index contributed by atoms with van der Waals surface area (Å²) in [5.41, 5.74) is 1.96. The van der Waals surface area contributed by atoms with Gasteiger partial charge in [0.2, 0.25) is 0 Å². The van der Waals surface area contributed by atoms with Crippen LogP contribution in [0.5, 0.6) is 0 Å². The molecule has 70 valence electrons. The first-order valence-corrected chi connectivity index (χ1v) is 6.11. The van der Waals surface area contributed by atoms with E-state index in [9.17, 15) is 0 Å². The first-order valence-electron chi connectivity index (χ1n) is 4.99. The molecule has 0 radical (unpaired) electrons. The number of hydrogen-bond donors (Lipinski definition) is 0. The van der Waals surface area contributed by atoms with Crippen LogP contribution in [0.15, 0.2) is 30.3 Å². The van der Waals surface area contributed by atoms with E-state index in [1.807, 2.05) is 0 Å². The predicted molar refractivity (Wildman–Crippen MR) is 60.4 cm³/mol. The molecule has 1 aliphatic rings. The van der Waals surface area contributed by atoms with Gasteiger partial charge in [0, 0.05) is 10.7 Å². The van der Waals surface area contributed by atoms with Gasteiger partial charge in [-0.15, -0.1) is 0 Å². The summed E-state index contributed by atoms with van der Waals surface area (Å²) in [4.78, 5) is 0. The maximum atomic E-state index is 3.67. The smallest absolute Gasteiger partial charge is 0.0129 e. The molecule has 1 fully saturated rings. The average molecular weight is 239 g/mol. The summed E-state index contributed by atoms with van der Waals surface area (Å²) >= 11 is 3.67. The highest BCUT2D eigenvalue weighted by molar-refractivity contribution is 9.09. The molecule has 0 atom stereocenters. The lowest BCUT2D eigenvalue weighted by molar-refractivity contribution is 0.505. The van der Waals surface area contributed by atoms with E-state index in [0.717, 1.165) is 5.33 Å². The normalized spacial score (nSPS) is 20.4. The SMILES string of the molecule is BrCC1(c2ccccc2)CCCC1. The highest BCUT2D eigenvalue weighted by atomic mass is 79.9. The maximum Gasteiger partial charge on any atom is 0.0129 e. The molecule has 0 aliphatic heterocycles. The van der Waals surface area contributed by atoms with Crippen LogP contribution in [0.4, 0.5) is 0 Å². The van der Waals surface area contributed by atoms with Crippen molar-refractivity contribution in [3.05, 3.63) is 35.9 Å². The monoisotopic (exact) mass is 238 g/mol. The molecule has 1 aromatic carbocycles. The summed E-state index contributed by atoms with van der Waals surface area (Å²) in [5, 5.41) is 1.12. The van der Waals surface area contributed by atoms with E-state index in [1.165, 1.54) is 31.2 Å². The van der Waals surface area contributed by atoms with Crippen molar-refractivity contribution in [3.8, 4) is 0 Å². The zero-order valence-corrected chi connectivity index (χ0v) is 9.39. The summed E-state index contributed by atoms with van der Waals surface area (Å²) in [6.07, 6.45) is 5.48. The van der Waals surface area contributed by atoms with Crippen molar-refractivity contribution in [2.24, 2.45) is 0 Å². The first-order chi connectivity index (χ1) is 6.37. The molecule has 0 amide bonds. The third kappa shape index (κ3) is 1.67. The molecule has 0 saturated heterocycles. The van der Waals surface area contributed by atoms with Crippen molar-refractivity contribution in [2.75, 3.05) is 5.33 Å². The highest BCUT2D eigenvalue weighted by Gasteiger charge is 2.33. The molecule has 1 aromatic rings. The second-order valence-corrected chi connectivity index (χ2v) is 4.55. The Kier molecular flexibility index (Phi) is 2.73. The molecule has 0 aromatic heterocycles. The van der Waals surface area contributed by atoms with Crippen molar-refractivity contribution < 1.29 is 0 Å². The standard InChI is InChI=1S/C12H15Br/c13-10-12(8-4-5-9-12)11-6-2-1-3-7-11/h1-3,6-7H,4-5,8-10H2. The number of alkyl halides is 1. The van der Waals surface area contributed by atoms with Crippen LogP contribution in [0.1, 0.15) is 31.2 Å². The zero-order chi connectivity index (χ0) is 9.15. The summed E-state index contributed by atoms with van der Waals surface area (Å²) in [5.74, 6) is 0. The van der Waals surface area contributed by atoms with Gasteiger partial charge in [-0.3, -0.25) is 0 Å². The number of halogens is 1. The first kappa shape index (κ1) is 9.26. The Morgan fingerprint density at radius 3 is 2.23 bits per heavy atom. The lowest BCUT2D eigenvalue weighted by Crippen LogP contribution is -2.23. The second kappa shape index (κ2) is 3.83. The Morgan fingerprint density at radius 2 is 1.69 bits per heavy atom. The minimum Gasteiger partial charge on any atom is -0.0918 e. The van der Waals surface area contributed by atoms with Gasteiger partial charge in [0.1, 0.15) is 0 Å². The molecule has 13 heavy (non-hydrogen) atoms. The van der Waals surface area contributed by atoms with Crippen molar-refractivity contribution >= 4 is 15.9 Å². The Morgan fingerprint density at radius 1 is 1.08 bits per heavy atom. The Hall–Kier alpha value is -0.300. The van der Waals surface area contributed by atoms with Crippen LogP contribution in [0.2, 0.25) is 0 Å². The van der Waals surface area contributed by atoms with Gasteiger partial charge in [-0.2, -0.15) is 0 Å². The molecule has 0 nitrogen and oxygen atoms in total. The molecule has 0 N–H and O–H groups in total. The molecular formula is C12H15Br. The molecular weight excluding hydrogens is 224 g/mol. The lowest BCUT2D eigenvalue weighted by atomic mass is 9.81. The van der Waals surface area contributed by atoms with Crippen molar-refractivity contribution in [1.29, 1.82) is 0 Å². The van der Waals surface area contributed by atoms with Crippen molar-refractivity contribution in [1.82, 2.24) is 0 Å². The number of rotatable bonds is 2. The molecule has 0 bridgehead atoms. The number of hydrogen-bond acceptors (Lipinski definition) is 0. The van der Waals surface area contributed by atoms with Gasteiger partial charge in [-0.05, 0) is 18.4 Å². The quantitative estimate of drug-likeness (QED) is 0.687. The van der Waals surface area contributed by atoms with Crippen LogP contribution in [0, 0.1) is 0 Å². The Bertz CT molecular complexity index is 260. The molecule has 1 saturated carbocycles. The Labute approximate surface area is 88.5 Å². The minimum absolute atomic E-state index is 0.446. The fourth-order valence-corrected chi connectivity index (χ4v) is 3.23. The molecule has 1 heteroatoms. The van der Waals surface area contributed by atoms with E-state index >= 15 is 0 Å². The molecule has 0 heterocycles. The summed E-state index contributed by atoms with van der Waals surface area (Å²) < 4.78 is 0. The minimum atomic E-state index is 0.446. The van der Waals surface area contributed by atoms with Crippen LogP contribution in [-0.2, 0) is 5.41 Å². The average Bonchev–Trinajstić information content (AvgIpc) is 2.69. The van der Waals surface area contributed by atoms with Gasteiger partial charge in [0.05, 0.1) is 0 Å². The fourth-order valence-electron chi connectivity index (χ4n) is 2.34. The van der Waals surface area contributed by atoms with Crippen LogP contribution in [0.25, 0.3) is 0 Å². The second-order valence-electron chi connectivity index (χ2n) is 3.99. The topological polar surface area (TPSA) is 0 Å². The summed E-state index contributed by atoms with van der Waals surface area (Å²) in [6, 6.07) is 10.9. The van der Waals surface area contributed by atoms with E-state index in [-0.39, 0.29) is 0 Å². The zero-order valence-electron chi connectivity index (χ0n) is 7.80. The predicted octanol–water partition coefficient (Wildman–Crippen LogP) is 3.89. The van der Waals surface area contributed by atoms with E-state index in [4.69, 9.17) is 0 Å². The van der Waals surface area contributed by atoms with Gasteiger partial charge in [0.25, 0.3) is 0 Å². The fraction of sp³-hybridized carbons (Fsp3) is 0.500. The van der Waals surface area contributed by atoms with Crippen LogP contribution >= 0.6 is 15.9 Å². The van der Waals surface area contributed by atoms with Gasteiger partial charge < -0.3 is 0 Å². The molecule has 1 aliphatic carbocycles. The van der Waals surface area contributed by atoms with Crippen LogP contribution in [-0.4, -0.2) is 5.33 Å². The summed E-state index contributed by atoms with van der Waals surface area (Å²) in [6.45, 7) is 0. The largest absolute Gasteiger partial charge is 0.0918 e. The maximum absolute atomic E-state index is 3.67. The van der Waals surface area contributed by atoms with E-state index in [2.05, 4.69) is 46.3 Å². The van der Waals surface area contributed by atoms with Gasteiger partial charge in [-0.1, -0.05) is 59.1 Å². The van der Waals surface area contributed by atoms with Crippen LogP contribution < -0.4 is 0 Å². The number of benzene rings is 1.